The van der Waals surface area contributed by atoms with Gasteiger partial charge in [-0.05, 0) is 42.7 Å². The number of hydroxylamine groups is 1. The Hall–Kier alpha value is -2.92. The minimum atomic E-state index is -5.06. The van der Waals surface area contributed by atoms with Crippen LogP contribution in [0.5, 0.6) is 0 Å². The molecule has 0 aliphatic carbocycles. The molecule has 0 atom stereocenters. The van der Waals surface area contributed by atoms with Crippen LogP contribution in [0, 0.1) is 0 Å². The topological polar surface area (TPSA) is 101 Å². The van der Waals surface area contributed by atoms with E-state index in [1.165, 1.54) is 12.1 Å². The van der Waals surface area contributed by atoms with E-state index < -0.39 is 22.0 Å². The molecule has 0 unspecified atom stereocenters. The van der Waals surface area contributed by atoms with E-state index in [1.807, 2.05) is 5.48 Å². The van der Waals surface area contributed by atoms with Crippen LogP contribution in [0.25, 0.3) is 10.9 Å². The summed E-state index contributed by atoms with van der Waals surface area (Å²) in [5.74, 6) is -2.31. The Labute approximate surface area is 163 Å². The summed E-state index contributed by atoms with van der Waals surface area (Å²) in [4.78, 5) is 14.6. The van der Waals surface area contributed by atoms with Gasteiger partial charge in [0, 0.05) is 11.9 Å². The maximum Gasteiger partial charge on any atom is 0.492 e. The number of rotatable bonds is 7. The van der Waals surface area contributed by atoms with Crippen molar-refractivity contribution in [2.24, 2.45) is 0 Å². The molecule has 1 aromatic heterocycles. The Morgan fingerprint density at radius 3 is 2.55 bits per heavy atom. The van der Waals surface area contributed by atoms with E-state index in [4.69, 9.17) is 0 Å². The maximum absolute atomic E-state index is 12.8. The number of H-pyrrole nitrogens is 1. The van der Waals surface area contributed by atoms with Crippen LogP contribution < -0.4 is 5.48 Å². The molecule has 0 radical (unpaired) electrons. The second-order valence-corrected chi connectivity index (χ2v) is 7.98. The van der Waals surface area contributed by atoms with Crippen LogP contribution in [0.4, 0.5) is 13.2 Å². The van der Waals surface area contributed by atoms with Crippen molar-refractivity contribution in [2.45, 2.75) is 28.9 Å². The number of fused-ring (bicyclic) bond motifs is 1. The standard InChI is InChI=1S/C18H16F3N3O4S/c19-18(20,21)17(25)28-22-10-4-5-12-8-9-15-14(11-12)16(24-23-15)29(26,27)13-6-2-1-3-7-13/h1-3,6-9,11,22H,4-5,10H2,(H,23,24). The molecule has 0 bridgehead atoms. The average Bonchev–Trinajstić information content (AvgIpc) is 3.11. The lowest BCUT2D eigenvalue weighted by Crippen LogP contribution is -2.31. The Morgan fingerprint density at radius 2 is 1.86 bits per heavy atom. The van der Waals surface area contributed by atoms with Crippen molar-refractivity contribution in [1.82, 2.24) is 15.7 Å². The first-order chi connectivity index (χ1) is 13.7. The molecule has 0 amide bonds. The van der Waals surface area contributed by atoms with Crippen molar-refractivity contribution in [3.05, 3.63) is 54.1 Å². The molecule has 29 heavy (non-hydrogen) atoms. The predicted molar refractivity (Wildman–Crippen MR) is 96.5 cm³/mol. The van der Waals surface area contributed by atoms with Crippen LogP contribution in [0.15, 0.2) is 58.5 Å². The first kappa shape index (κ1) is 20.8. The van der Waals surface area contributed by atoms with E-state index in [1.54, 1.807) is 36.4 Å². The van der Waals surface area contributed by atoms with Crippen molar-refractivity contribution >= 4 is 26.7 Å². The molecule has 2 N–H and O–H groups in total. The normalized spacial score (nSPS) is 12.2. The van der Waals surface area contributed by atoms with E-state index in [0.29, 0.717) is 23.7 Å². The highest BCUT2D eigenvalue weighted by atomic mass is 32.2. The van der Waals surface area contributed by atoms with Gasteiger partial charge in [0.15, 0.2) is 5.03 Å². The van der Waals surface area contributed by atoms with Crippen LogP contribution >= 0.6 is 0 Å². The largest absolute Gasteiger partial charge is 0.492 e. The van der Waals surface area contributed by atoms with E-state index in [9.17, 15) is 26.4 Å². The zero-order chi connectivity index (χ0) is 21.1. The number of nitrogens with zero attached hydrogens (tertiary/aromatic N) is 1. The first-order valence-corrected chi connectivity index (χ1v) is 9.96. The zero-order valence-corrected chi connectivity index (χ0v) is 15.7. The molecule has 0 aliphatic heterocycles. The predicted octanol–water partition coefficient (Wildman–Crippen LogP) is 2.94. The third-order valence-corrected chi connectivity index (χ3v) is 5.75. The number of sulfone groups is 1. The van der Waals surface area contributed by atoms with Gasteiger partial charge in [-0.2, -0.15) is 23.8 Å². The molecule has 0 saturated heterocycles. The van der Waals surface area contributed by atoms with E-state index in [0.717, 1.165) is 5.56 Å². The molecule has 2 aromatic carbocycles. The summed E-state index contributed by atoms with van der Waals surface area (Å²) >= 11 is 0. The van der Waals surface area contributed by atoms with Crippen molar-refractivity contribution in [3.8, 4) is 0 Å². The second kappa shape index (κ2) is 8.21. The summed E-state index contributed by atoms with van der Waals surface area (Å²) in [6, 6.07) is 13.0. The summed E-state index contributed by atoms with van der Waals surface area (Å²) in [5, 5.41) is 6.96. The molecular formula is C18H16F3N3O4S. The van der Waals surface area contributed by atoms with Crippen LogP contribution in [-0.2, 0) is 25.9 Å². The average molecular weight is 427 g/mol. The highest BCUT2D eigenvalue weighted by molar-refractivity contribution is 7.91. The molecule has 0 aliphatic rings. The Balaban J connectivity index is 1.69. The minimum Gasteiger partial charge on any atom is -0.364 e. The quantitative estimate of drug-likeness (QED) is 0.444. The number of benzene rings is 2. The van der Waals surface area contributed by atoms with E-state index in [2.05, 4.69) is 15.0 Å². The van der Waals surface area contributed by atoms with Gasteiger partial charge in [-0.25, -0.2) is 13.2 Å². The SMILES string of the molecule is O=C(ONCCCc1ccc2[nH]nc(S(=O)(=O)c3ccccc3)c2c1)C(F)(F)F. The fourth-order valence-corrected chi connectivity index (χ4v) is 4.01. The van der Waals surface area contributed by atoms with Crippen molar-refractivity contribution < 1.29 is 31.2 Å². The first-order valence-electron chi connectivity index (χ1n) is 8.47. The molecule has 11 heteroatoms. The number of aryl methyl sites for hydroxylation is 1. The number of alkyl halides is 3. The molecule has 0 saturated carbocycles. The van der Waals surface area contributed by atoms with Crippen molar-refractivity contribution in [3.63, 3.8) is 0 Å². The summed E-state index contributed by atoms with van der Waals surface area (Å²) < 4.78 is 61.7. The Kier molecular flexibility index (Phi) is 5.89. The Morgan fingerprint density at radius 1 is 1.14 bits per heavy atom. The minimum absolute atomic E-state index is 0.000412. The highest BCUT2D eigenvalue weighted by Crippen LogP contribution is 2.27. The van der Waals surface area contributed by atoms with Gasteiger partial charge in [-0.3, -0.25) is 5.10 Å². The number of halogens is 3. The van der Waals surface area contributed by atoms with Crippen LogP contribution in [0.3, 0.4) is 0 Å². The van der Waals surface area contributed by atoms with Crippen molar-refractivity contribution in [1.29, 1.82) is 0 Å². The zero-order valence-electron chi connectivity index (χ0n) is 14.9. The highest BCUT2D eigenvalue weighted by Gasteiger charge is 2.41. The molecule has 3 rings (SSSR count). The van der Waals surface area contributed by atoms with Gasteiger partial charge in [0.25, 0.3) is 0 Å². The van der Waals surface area contributed by atoms with Gasteiger partial charge in [0.2, 0.25) is 9.84 Å². The fourth-order valence-electron chi connectivity index (χ4n) is 2.65. The van der Waals surface area contributed by atoms with Gasteiger partial charge in [-0.15, -0.1) is 0 Å². The van der Waals surface area contributed by atoms with Gasteiger partial charge in [0.1, 0.15) is 0 Å². The lowest BCUT2D eigenvalue weighted by molar-refractivity contribution is -0.206. The molecule has 0 spiro atoms. The lowest BCUT2D eigenvalue weighted by Gasteiger charge is -2.08. The fraction of sp³-hybridized carbons (Fsp3) is 0.222. The monoisotopic (exact) mass is 427 g/mol. The van der Waals surface area contributed by atoms with Crippen LogP contribution in [-0.4, -0.2) is 37.3 Å². The summed E-state index contributed by atoms with van der Waals surface area (Å²) in [7, 11) is -3.81. The van der Waals surface area contributed by atoms with Crippen molar-refractivity contribution in [2.75, 3.05) is 6.54 Å². The molecule has 154 valence electrons. The van der Waals surface area contributed by atoms with Crippen LogP contribution in [0.2, 0.25) is 0 Å². The van der Waals surface area contributed by atoms with Gasteiger partial charge in [0.05, 0.1) is 10.4 Å². The van der Waals surface area contributed by atoms with Gasteiger partial charge in [-0.1, -0.05) is 24.3 Å². The van der Waals surface area contributed by atoms with Gasteiger partial charge >= 0.3 is 12.1 Å². The van der Waals surface area contributed by atoms with Gasteiger partial charge < -0.3 is 4.84 Å². The molecule has 1 heterocycles. The number of aromatic nitrogens is 2. The third-order valence-electron chi connectivity index (χ3n) is 4.04. The number of hydrogen-bond acceptors (Lipinski definition) is 6. The number of carbonyl (C=O) groups excluding carboxylic acids is 1. The second-order valence-electron chi connectivity index (χ2n) is 6.11. The maximum atomic E-state index is 12.8. The number of nitrogens with one attached hydrogen (secondary N) is 2. The summed E-state index contributed by atoms with van der Waals surface area (Å²) in [6.07, 6.45) is -4.28. The number of carbonyl (C=O) groups is 1. The van der Waals surface area contributed by atoms with E-state index >= 15 is 0 Å². The number of aromatic amines is 1. The molecule has 3 aromatic rings. The van der Waals surface area contributed by atoms with E-state index in [-0.39, 0.29) is 16.5 Å². The number of hydrogen-bond donors (Lipinski definition) is 2. The molecule has 7 nitrogen and oxygen atoms in total. The molecule has 0 fully saturated rings. The smallest absolute Gasteiger partial charge is 0.364 e. The summed E-state index contributed by atoms with van der Waals surface area (Å²) in [5.41, 5.74) is 3.27. The Bertz CT molecular complexity index is 1110. The molecular weight excluding hydrogens is 411 g/mol. The summed E-state index contributed by atoms with van der Waals surface area (Å²) in [6.45, 7) is 0.000412. The van der Waals surface area contributed by atoms with Crippen LogP contribution in [0.1, 0.15) is 12.0 Å². The third kappa shape index (κ3) is 4.74. The lowest BCUT2D eigenvalue weighted by atomic mass is 10.1.